The number of hydrogen-bond acceptors (Lipinski definition) is 8. The molecule has 0 unspecified atom stereocenters. The zero-order chi connectivity index (χ0) is 27.7. The molecule has 3 aromatic heterocycles. The van der Waals surface area contributed by atoms with Crippen LogP contribution < -0.4 is 5.73 Å². The maximum absolute atomic E-state index is 12.9. The molecule has 0 saturated carbocycles. The molecular formula is C29H32N6O4. The number of anilines is 1. The highest BCUT2D eigenvalue weighted by atomic mass is 16.3. The van der Waals surface area contributed by atoms with Gasteiger partial charge in [0.15, 0.2) is 11.4 Å². The van der Waals surface area contributed by atoms with E-state index in [1.807, 2.05) is 42.5 Å². The van der Waals surface area contributed by atoms with Gasteiger partial charge in [0.2, 0.25) is 5.91 Å². The maximum Gasteiger partial charge on any atom is 0.233 e. The number of nitrogens with zero attached hydrogens (tertiary/aromatic N) is 5. The second-order valence-corrected chi connectivity index (χ2v) is 10.3. The Morgan fingerprint density at radius 1 is 1.03 bits per heavy atom. The molecule has 0 aliphatic carbocycles. The number of aliphatic hydroxyl groups excluding tert-OH is 2. The average molecular weight is 529 g/mol. The normalized spacial score (nSPS) is 14.6. The van der Waals surface area contributed by atoms with Crippen molar-refractivity contribution in [3.8, 4) is 22.4 Å². The van der Waals surface area contributed by atoms with Gasteiger partial charge in [0.05, 0.1) is 41.8 Å². The fourth-order valence-electron chi connectivity index (χ4n) is 5.15. The first-order valence-corrected chi connectivity index (χ1v) is 13.0. The lowest BCUT2D eigenvalue weighted by Gasteiger charge is -2.37. The number of fused-ring (bicyclic) bond motifs is 1. The smallest absolute Gasteiger partial charge is 0.233 e. The van der Waals surface area contributed by atoms with Gasteiger partial charge in [-0.05, 0) is 32.8 Å². The van der Waals surface area contributed by atoms with Gasteiger partial charge in [0.25, 0.3) is 0 Å². The van der Waals surface area contributed by atoms with Crippen molar-refractivity contribution in [2.75, 3.05) is 32.0 Å². The van der Waals surface area contributed by atoms with Crippen molar-refractivity contribution < 1.29 is 19.8 Å². The number of carbonyl (C=O) groups excluding carboxylic acids is 2. The number of hydrogen-bond donors (Lipinski definition) is 3. The molecule has 1 saturated heterocycles. The lowest BCUT2D eigenvalue weighted by atomic mass is 9.86. The van der Waals surface area contributed by atoms with Crippen LogP contribution in [0.1, 0.15) is 48.7 Å². The number of nitrogen functional groups attached to an aromatic ring is 1. The number of likely N-dealkylation sites (tertiary alicyclic amines) is 1. The van der Waals surface area contributed by atoms with Crippen molar-refractivity contribution in [2.45, 2.75) is 32.6 Å². The predicted molar refractivity (Wildman–Crippen MR) is 147 cm³/mol. The van der Waals surface area contributed by atoms with Gasteiger partial charge in [-0.15, -0.1) is 0 Å². The van der Waals surface area contributed by atoms with Gasteiger partial charge in [-0.2, -0.15) is 9.61 Å². The molecule has 1 fully saturated rings. The Hall–Kier alpha value is -4.15. The Labute approximate surface area is 226 Å². The Bertz CT molecular complexity index is 1500. The van der Waals surface area contributed by atoms with Gasteiger partial charge < -0.3 is 20.8 Å². The Kier molecular flexibility index (Phi) is 7.16. The number of amides is 1. The van der Waals surface area contributed by atoms with Gasteiger partial charge in [0.1, 0.15) is 5.82 Å². The molecule has 0 bridgehead atoms. The van der Waals surface area contributed by atoms with Crippen molar-refractivity contribution >= 4 is 23.2 Å². The molecule has 4 heterocycles. The first-order chi connectivity index (χ1) is 18.8. The highest BCUT2D eigenvalue weighted by Gasteiger charge is 2.38. The van der Waals surface area contributed by atoms with Crippen LogP contribution in [-0.4, -0.2) is 72.7 Å². The number of piperidine rings is 1. The van der Waals surface area contributed by atoms with E-state index in [9.17, 15) is 19.8 Å². The lowest BCUT2D eigenvalue weighted by Crippen LogP contribution is -2.49. The highest BCUT2D eigenvalue weighted by Crippen LogP contribution is 2.35. The summed E-state index contributed by atoms with van der Waals surface area (Å²) in [5.41, 5.74) is 10.2. The van der Waals surface area contributed by atoms with Crippen LogP contribution in [-0.2, 0) is 4.79 Å². The first-order valence-electron chi connectivity index (χ1n) is 13.0. The average Bonchev–Trinajstić information content (AvgIpc) is 3.41. The lowest BCUT2D eigenvalue weighted by molar-refractivity contribution is -0.147. The fraction of sp³-hybridized carbons (Fsp3) is 0.345. The second kappa shape index (κ2) is 10.5. The van der Waals surface area contributed by atoms with Crippen molar-refractivity contribution in [1.82, 2.24) is 24.5 Å². The summed E-state index contributed by atoms with van der Waals surface area (Å²) in [6.07, 6.45) is 4.59. The molecule has 0 atom stereocenters. The van der Waals surface area contributed by atoms with Crippen LogP contribution in [0, 0.1) is 5.41 Å². The molecule has 202 valence electrons. The van der Waals surface area contributed by atoms with Crippen LogP contribution in [0.3, 0.4) is 0 Å². The number of carbonyl (C=O) groups is 2. The standard InChI is InChI=1S/C29H32N6O4/c1-18(38)24-25(20-10-12-34(13-11-20)28(39)29(2,16-36)17-37)33-27-22(15-32-35(27)26(24)30)21-8-9-23(31-14-21)19-6-4-3-5-7-19/h3-9,14-15,20,36-37H,10-13,16-17,30H2,1-2H3. The number of pyridine rings is 1. The molecule has 1 aliphatic rings. The predicted octanol–water partition coefficient (Wildman–Crippen LogP) is 2.94. The third kappa shape index (κ3) is 4.77. The van der Waals surface area contributed by atoms with Crippen molar-refractivity contribution in [2.24, 2.45) is 5.41 Å². The van der Waals surface area contributed by atoms with Crippen LogP contribution >= 0.6 is 0 Å². The molecule has 10 nitrogen and oxygen atoms in total. The number of nitrogens with two attached hydrogens (primary N) is 1. The van der Waals surface area contributed by atoms with Crippen LogP contribution in [0.4, 0.5) is 5.82 Å². The van der Waals surface area contributed by atoms with Crippen LogP contribution in [0.2, 0.25) is 0 Å². The van der Waals surface area contributed by atoms with Gasteiger partial charge in [0, 0.05) is 41.9 Å². The summed E-state index contributed by atoms with van der Waals surface area (Å²) in [5, 5.41) is 23.7. The highest BCUT2D eigenvalue weighted by molar-refractivity contribution is 6.00. The molecule has 1 aliphatic heterocycles. The van der Waals surface area contributed by atoms with E-state index in [4.69, 9.17) is 10.7 Å². The van der Waals surface area contributed by atoms with E-state index >= 15 is 0 Å². The number of aromatic nitrogens is 4. The zero-order valence-electron chi connectivity index (χ0n) is 22.0. The van der Waals surface area contributed by atoms with E-state index in [1.54, 1.807) is 24.2 Å². The molecule has 5 rings (SSSR count). The summed E-state index contributed by atoms with van der Waals surface area (Å²) in [4.78, 5) is 36.8. The number of aliphatic hydroxyl groups is 2. The first kappa shape index (κ1) is 26.5. The molecular weight excluding hydrogens is 496 g/mol. The SMILES string of the molecule is CC(=O)c1c(C2CCN(C(=O)C(C)(CO)CO)CC2)nc2c(-c3ccc(-c4ccccc4)nc3)cnn2c1N. The fourth-order valence-corrected chi connectivity index (χ4v) is 5.15. The molecule has 0 spiro atoms. The van der Waals surface area contributed by atoms with E-state index in [1.165, 1.54) is 11.4 Å². The van der Waals surface area contributed by atoms with E-state index in [0.717, 1.165) is 22.4 Å². The molecule has 39 heavy (non-hydrogen) atoms. The Balaban J connectivity index is 1.48. The van der Waals surface area contributed by atoms with Gasteiger partial charge in [-0.3, -0.25) is 14.6 Å². The van der Waals surface area contributed by atoms with Crippen LogP contribution in [0.5, 0.6) is 0 Å². The number of benzene rings is 1. The largest absolute Gasteiger partial charge is 0.395 e. The van der Waals surface area contributed by atoms with E-state index in [2.05, 4.69) is 10.1 Å². The van der Waals surface area contributed by atoms with Crippen molar-refractivity contribution in [3.05, 3.63) is 66.1 Å². The Morgan fingerprint density at radius 3 is 2.31 bits per heavy atom. The summed E-state index contributed by atoms with van der Waals surface area (Å²) in [6, 6.07) is 13.8. The number of Topliss-reactive ketones (excluding diaryl/α,β-unsaturated/α-hetero) is 1. The monoisotopic (exact) mass is 528 g/mol. The minimum Gasteiger partial charge on any atom is -0.395 e. The summed E-state index contributed by atoms with van der Waals surface area (Å²) >= 11 is 0. The van der Waals surface area contributed by atoms with Crippen LogP contribution in [0.15, 0.2) is 54.9 Å². The summed E-state index contributed by atoms with van der Waals surface area (Å²) in [6.45, 7) is 2.98. The minimum atomic E-state index is -1.23. The van der Waals surface area contributed by atoms with E-state index in [0.29, 0.717) is 42.8 Å². The molecule has 4 N–H and O–H groups in total. The van der Waals surface area contributed by atoms with E-state index < -0.39 is 18.6 Å². The number of rotatable bonds is 7. The Morgan fingerprint density at radius 2 is 1.72 bits per heavy atom. The van der Waals surface area contributed by atoms with Gasteiger partial charge in [-0.25, -0.2) is 4.98 Å². The minimum absolute atomic E-state index is 0.101. The molecule has 4 aromatic rings. The third-order valence-corrected chi connectivity index (χ3v) is 7.59. The summed E-state index contributed by atoms with van der Waals surface area (Å²) in [5.74, 6) is -0.356. The van der Waals surface area contributed by atoms with Crippen molar-refractivity contribution in [3.63, 3.8) is 0 Å². The molecule has 10 heteroatoms. The zero-order valence-corrected chi connectivity index (χ0v) is 22.0. The molecule has 0 radical (unpaired) electrons. The number of ketones is 1. The maximum atomic E-state index is 12.9. The van der Waals surface area contributed by atoms with Crippen molar-refractivity contribution in [1.29, 1.82) is 0 Å². The van der Waals surface area contributed by atoms with Crippen LogP contribution in [0.25, 0.3) is 28.0 Å². The van der Waals surface area contributed by atoms with Gasteiger partial charge >= 0.3 is 0 Å². The molecule has 1 aromatic carbocycles. The second-order valence-electron chi connectivity index (χ2n) is 10.3. The molecule has 1 amide bonds. The summed E-state index contributed by atoms with van der Waals surface area (Å²) in [7, 11) is 0. The third-order valence-electron chi connectivity index (χ3n) is 7.59. The summed E-state index contributed by atoms with van der Waals surface area (Å²) < 4.78 is 1.49. The van der Waals surface area contributed by atoms with E-state index in [-0.39, 0.29) is 23.4 Å². The topological polar surface area (TPSA) is 147 Å². The quantitative estimate of drug-likeness (QED) is 0.310. The van der Waals surface area contributed by atoms with Gasteiger partial charge in [-0.1, -0.05) is 36.4 Å².